The Hall–Kier alpha value is -3.87. The van der Waals surface area contributed by atoms with E-state index in [1.54, 1.807) is 43.3 Å². The molecular weight excluding hydrogens is 386 g/mol. The predicted octanol–water partition coefficient (Wildman–Crippen LogP) is 3.93. The van der Waals surface area contributed by atoms with Crippen LogP contribution in [0.1, 0.15) is 45.5 Å². The van der Waals surface area contributed by atoms with Gasteiger partial charge in [0.2, 0.25) is 0 Å². The first-order valence-corrected chi connectivity index (χ1v) is 9.43. The second-order valence-electron chi connectivity index (χ2n) is 7.01. The van der Waals surface area contributed by atoms with E-state index in [0.29, 0.717) is 22.8 Å². The van der Waals surface area contributed by atoms with Crippen molar-refractivity contribution >= 4 is 34.2 Å². The van der Waals surface area contributed by atoms with E-state index in [1.165, 1.54) is 19.2 Å². The number of imide groups is 1. The largest absolute Gasteiger partial charge is 0.506 e. The van der Waals surface area contributed by atoms with Crippen LogP contribution in [-0.2, 0) is 4.79 Å². The molecule has 1 unspecified atom stereocenters. The smallest absolute Gasteiger partial charge is 0.310 e. The number of carboxylic acid groups (broad SMARTS) is 1. The second-order valence-corrected chi connectivity index (χ2v) is 7.01. The van der Waals surface area contributed by atoms with E-state index in [9.17, 15) is 24.6 Å². The Morgan fingerprint density at radius 1 is 1.00 bits per heavy atom. The molecule has 30 heavy (non-hydrogen) atoms. The molecule has 0 fully saturated rings. The van der Waals surface area contributed by atoms with Gasteiger partial charge in [0.25, 0.3) is 11.8 Å². The van der Waals surface area contributed by atoms with E-state index in [0.717, 1.165) is 4.90 Å². The number of carboxylic acids is 1. The van der Waals surface area contributed by atoms with Gasteiger partial charge in [-0.2, -0.15) is 0 Å². The van der Waals surface area contributed by atoms with E-state index in [1.807, 2.05) is 0 Å². The van der Waals surface area contributed by atoms with Crippen LogP contribution in [0, 0.1) is 0 Å². The summed E-state index contributed by atoms with van der Waals surface area (Å²) >= 11 is 0. The van der Waals surface area contributed by atoms with Gasteiger partial charge >= 0.3 is 5.97 Å². The number of carbonyl (C=O) groups is 3. The topological polar surface area (TPSA) is 104 Å². The summed E-state index contributed by atoms with van der Waals surface area (Å²) in [6.07, 6.45) is 0.416. The molecule has 7 heteroatoms. The van der Waals surface area contributed by atoms with Crippen LogP contribution >= 0.6 is 0 Å². The molecular formula is C23H19NO6. The Balaban J connectivity index is 1.83. The summed E-state index contributed by atoms with van der Waals surface area (Å²) in [6.45, 7) is 1.77. The molecule has 0 saturated carbocycles. The van der Waals surface area contributed by atoms with Gasteiger partial charge in [-0.15, -0.1) is 0 Å². The van der Waals surface area contributed by atoms with Gasteiger partial charge in [0.1, 0.15) is 11.5 Å². The first-order chi connectivity index (χ1) is 14.4. The van der Waals surface area contributed by atoms with Crippen LogP contribution < -0.4 is 9.64 Å². The van der Waals surface area contributed by atoms with Gasteiger partial charge in [0.05, 0.1) is 29.8 Å². The SMILES string of the molecule is CCC(C(=O)O)c1ccc(N2C(=O)c3c(c(OC)c4ccccc4c3O)C2=O)cc1. The molecule has 4 rings (SSSR count). The normalized spacial score (nSPS) is 14.1. The summed E-state index contributed by atoms with van der Waals surface area (Å²) in [7, 11) is 1.41. The molecule has 0 aliphatic carbocycles. The number of phenols is 1. The Morgan fingerprint density at radius 2 is 1.60 bits per heavy atom. The third-order valence-electron chi connectivity index (χ3n) is 5.44. The quantitative estimate of drug-likeness (QED) is 0.623. The monoisotopic (exact) mass is 405 g/mol. The fourth-order valence-electron chi connectivity index (χ4n) is 3.97. The standard InChI is InChI=1S/C23H19NO6/c1-3-14(23(28)29)12-8-10-13(11-9-12)24-21(26)17-18(22(24)27)20(30-2)16-7-5-4-6-15(16)19(17)25/h4-11,14,25H,3H2,1-2H3,(H,28,29). The molecule has 2 N–H and O–H groups in total. The molecule has 0 radical (unpaired) electrons. The number of ether oxygens (including phenoxy) is 1. The maximum atomic E-state index is 13.2. The van der Waals surface area contributed by atoms with Gasteiger partial charge in [-0.3, -0.25) is 14.4 Å². The first-order valence-electron chi connectivity index (χ1n) is 9.43. The summed E-state index contributed by atoms with van der Waals surface area (Å²) in [4.78, 5) is 38.7. The number of phenolic OH excluding ortho intramolecular Hbond substituents is 1. The van der Waals surface area contributed by atoms with Crippen molar-refractivity contribution in [3.05, 3.63) is 65.2 Å². The number of carbonyl (C=O) groups excluding carboxylic acids is 2. The van der Waals surface area contributed by atoms with Gasteiger partial charge in [0, 0.05) is 10.8 Å². The molecule has 0 saturated heterocycles. The van der Waals surface area contributed by atoms with Crippen molar-refractivity contribution < 1.29 is 29.3 Å². The minimum atomic E-state index is -0.938. The summed E-state index contributed by atoms with van der Waals surface area (Å²) in [5, 5.41) is 21.0. The van der Waals surface area contributed by atoms with Crippen LogP contribution in [0.2, 0.25) is 0 Å². The molecule has 1 aliphatic heterocycles. The average molecular weight is 405 g/mol. The highest BCUT2D eigenvalue weighted by atomic mass is 16.5. The second kappa shape index (κ2) is 7.18. The number of aliphatic carboxylic acids is 1. The van der Waals surface area contributed by atoms with Crippen molar-refractivity contribution in [3.8, 4) is 11.5 Å². The van der Waals surface area contributed by atoms with E-state index >= 15 is 0 Å². The molecule has 1 heterocycles. The molecule has 3 aromatic rings. The Kier molecular flexibility index (Phi) is 4.66. The first kappa shape index (κ1) is 19.4. The third kappa shape index (κ3) is 2.70. The number of nitrogens with zero attached hydrogens (tertiary/aromatic N) is 1. The van der Waals surface area contributed by atoms with Crippen LogP contribution in [0.5, 0.6) is 11.5 Å². The van der Waals surface area contributed by atoms with Crippen molar-refractivity contribution in [1.82, 2.24) is 0 Å². The van der Waals surface area contributed by atoms with Crippen LogP contribution in [0.25, 0.3) is 10.8 Å². The Morgan fingerprint density at radius 3 is 2.17 bits per heavy atom. The van der Waals surface area contributed by atoms with Crippen LogP contribution in [0.3, 0.4) is 0 Å². The molecule has 3 aromatic carbocycles. The lowest BCUT2D eigenvalue weighted by molar-refractivity contribution is -0.138. The number of benzene rings is 3. The summed E-state index contributed by atoms with van der Waals surface area (Å²) in [5.74, 6) is -2.91. The van der Waals surface area contributed by atoms with E-state index < -0.39 is 23.7 Å². The van der Waals surface area contributed by atoms with Gasteiger partial charge in [-0.25, -0.2) is 4.90 Å². The zero-order valence-electron chi connectivity index (χ0n) is 16.4. The van der Waals surface area contributed by atoms with E-state index in [2.05, 4.69) is 0 Å². The maximum absolute atomic E-state index is 13.2. The van der Waals surface area contributed by atoms with E-state index in [-0.39, 0.29) is 28.3 Å². The lowest BCUT2D eigenvalue weighted by atomic mass is 9.96. The number of amides is 2. The number of hydrogen-bond donors (Lipinski definition) is 2. The van der Waals surface area contributed by atoms with Gasteiger partial charge in [-0.1, -0.05) is 43.3 Å². The van der Waals surface area contributed by atoms with Crippen molar-refractivity contribution in [2.75, 3.05) is 12.0 Å². The molecule has 0 aromatic heterocycles. The summed E-state index contributed by atoms with van der Waals surface area (Å²) in [5.41, 5.74) is 0.781. The summed E-state index contributed by atoms with van der Waals surface area (Å²) < 4.78 is 5.44. The number of fused-ring (bicyclic) bond motifs is 2. The maximum Gasteiger partial charge on any atom is 0.310 e. The number of rotatable bonds is 5. The highest BCUT2D eigenvalue weighted by molar-refractivity contribution is 6.38. The van der Waals surface area contributed by atoms with Crippen LogP contribution in [0.4, 0.5) is 5.69 Å². The molecule has 2 amide bonds. The molecule has 0 spiro atoms. The lowest BCUT2D eigenvalue weighted by Gasteiger charge is -2.16. The zero-order valence-corrected chi connectivity index (χ0v) is 16.4. The number of anilines is 1. The third-order valence-corrected chi connectivity index (χ3v) is 5.44. The average Bonchev–Trinajstić information content (AvgIpc) is 3.00. The molecule has 7 nitrogen and oxygen atoms in total. The molecule has 1 atom stereocenters. The van der Waals surface area contributed by atoms with Crippen molar-refractivity contribution in [2.45, 2.75) is 19.3 Å². The van der Waals surface area contributed by atoms with Crippen LogP contribution in [0.15, 0.2) is 48.5 Å². The van der Waals surface area contributed by atoms with Crippen LogP contribution in [-0.4, -0.2) is 35.1 Å². The minimum absolute atomic E-state index is 0.0137. The Bertz CT molecular complexity index is 1200. The number of methoxy groups -OCH3 is 1. The van der Waals surface area contributed by atoms with E-state index in [4.69, 9.17) is 4.74 Å². The fourth-order valence-corrected chi connectivity index (χ4v) is 3.97. The molecule has 152 valence electrons. The number of hydrogen-bond acceptors (Lipinski definition) is 5. The van der Waals surface area contributed by atoms with Gasteiger partial charge in [0.15, 0.2) is 0 Å². The zero-order chi connectivity index (χ0) is 21.6. The predicted molar refractivity (Wildman–Crippen MR) is 110 cm³/mol. The van der Waals surface area contributed by atoms with Gasteiger partial charge < -0.3 is 14.9 Å². The lowest BCUT2D eigenvalue weighted by Crippen LogP contribution is -2.29. The van der Waals surface area contributed by atoms with Crippen molar-refractivity contribution in [3.63, 3.8) is 0 Å². The summed E-state index contributed by atoms with van der Waals surface area (Å²) in [6, 6.07) is 13.1. The number of aromatic hydroxyl groups is 1. The molecule has 1 aliphatic rings. The molecule has 0 bridgehead atoms. The van der Waals surface area contributed by atoms with Crippen molar-refractivity contribution in [2.24, 2.45) is 0 Å². The Labute approximate surface area is 172 Å². The van der Waals surface area contributed by atoms with Crippen molar-refractivity contribution in [1.29, 1.82) is 0 Å². The highest BCUT2D eigenvalue weighted by Crippen LogP contribution is 2.45. The fraction of sp³-hybridized carbons (Fsp3) is 0.174. The highest BCUT2D eigenvalue weighted by Gasteiger charge is 2.43. The van der Waals surface area contributed by atoms with Gasteiger partial charge in [-0.05, 0) is 24.1 Å². The minimum Gasteiger partial charge on any atom is -0.506 e.